The summed E-state index contributed by atoms with van der Waals surface area (Å²) in [6.07, 6.45) is 3.56. The van der Waals surface area contributed by atoms with E-state index in [1.54, 1.807) is 0 Å². The third-order valence-electron chi connectivity index (χ3n) is 4.48. The van der Waals surface area contributed by atoms with Crippen LogP contribution in [0.2, 0.25) is 0 Å². The van der Waals surface area contributed by atoms with E-state index in [1.807, 2.05) is 35.0 Å². The lowest BCUT2D eigenvalue weighted by Gasteiger charge is -2.25. The van der Waals surface area contributed by atoms with Crippen LogP contribution >= 0.6 is 0 Å². The van der Waals surface area contributed by atoms with Crippen LogP contribution in [0.1, 0.15) is 62.3 Å². The number of nitrogens with one attached hydrogen (secondary N) is 1. The van der Waals surface area contributed by atoms with E-state index >= 15 is 0 Å². The lowest BCUT2D eigenvalue weighted by Crippen LogP contribution is -2.36. The lowest BCUT2D eigenvalue weighted by atomic mass is 9.95. The number of hydrogen-bond donors (Lipinski definition) is 1. The topological polar surface area (TPSA) is 59.8 Å². The maximum absolute atomic E-state index is 12.8. The lowest BCUT2D eigenvalue weighted by molar-refractivity contribution is -0.123. The molecule has 0 fully saturated rings. The first-order chi connectivity index (χ1) is 11.2. The fourth-order valence-corrected chi connectivity index (χ4v) is 3.22. The summed E-state index contributed by atoms with van der Waals surface area (Å²) in [4.78, 5) is 17.4. The molecule has 2 atom stereocenters. The maximum Gasteiger partial charge on any atom is 0.228 e. The van der Waals surface area contributed by atoms with Crippen molar-refractivity contribution in [1.29, 1.82) is 0 Å². The van der Waals surface area contributed by atoms with Gasteiger partial charge in [-0.1, -0.05) is 44.2 Å². The Morgan fingerprint density at radius 1 is 1.35 bits per heavy atom. The maximum atomic E-state index is 12.8. The van der Waals surface area contributed by atoms with Crippen molar-refractivity contribution in [2.75, 3.05) is 0 Å². The van der Waals surface area contributed by atoms with Crippen molar-refractivity contribution in [2.45, 2.75) is 58.0 Å². The number of rotatable bonds is 5. The number of benzene rings is 1. The van der Waals surface area contributed by atoms with Crippen molar-refractivity contribution >= 4 is 5.91 Å². The van der Waals surface area contributed by atoms with Gasteiger partial charge in [0.25, 0.3) is 0 Å². The number of nitrogens with zero attached hydrogens (tertiary/aromatic N) is 3. The number of fused-ring (bicyclic) bond motifs is 1. The number of hydrogen-bond acceptors (Lipinski definition) is 3. The summed E-state index contributed by atoms with van der Waals surface area (Å²) in [5.41, 5.74) is 1.07. The molecule has 1 aliphatic heterocycles. The fraction of sp³-hybridized carbons (Fsp3) is 0.500. The predicted octanol–water partition coefficient (Wildman–Crippen LogP) is 2.99. The van der Waals surface area contributed by atoms with E-state index < -0.39 is 0 Å². The molecule has 0 bridgehead atoms. The van der Waals surface area contributed by atoms with Crippen LogP contribution in [0.15, 0.2) is 30.3 Å². The summed E-state index contributed by atoms with van der Waals surface area (Å²) in [6.45, 7) is 5.00. The van der Waals surface area contributed by atoms with Gasteiger partial charge in [0.2, 0.25) is 5.91 Å². The van der Waals surface area contributed by atoms with Gasteiger partial charge in [0, 0.05) is 13.0 Å². The van der Waals surface area contributed by atoms with Crippen molar-refractivity contribution in [1.82, 2.24) is 20.1 Å². The van der Waals surface area contributed by atoms with Gasteiger partial charge in [-0.3, -0.25) is 4.79 Å². The first-order valence-electron chi connectivity index (χ1n) is 8.51. The number of carbonyl (C=O) groups excluding carboxylic acids is 1. The van der Waals surface area contributed by atoms with Crippen molar-refractivity contribution < 1.29 is 4.79 Å². The van der Waals surface area contributed by atoms with E-state index in [-0.39, 0.29) is 17.9 Å². The Morgan fingerprint density at radius 2 is 2.13 bits per heavy atom. The number of carbonyl (C=O) groups is 1. The zero-order valence-electron chi connectivity index (χ0n) is 13.8. The molecule has 0 spiro atoms. The normalized spacial score (nSPS) is 18.3. The van der Waals surface area contributed by atoms with Crippen molar-refractivity contribution in [3.05, 3.63) is 47.5 Å². The third-order valence-corrected chi connectivity index (χ3v) is 4.48. The minimum absolute atomic E-state index is 0.0261. The average Bonchev–Trinajstić information content (AvgIpc) is 3.01. The summed E-state index contributed by atoms with van der Waals surface area (Å²) in [7, 11) is 0. The van der Waals surface area contributed by atoms with E-state index in [2.05, 4.69) is 29.2 Å². The molecule has 1 N–H and O–H groups in total. The molecule has 5 heteroatoms. The van der Waals surface area contributed by atoms with Crippen molar-refractivity contribution in [2.24, 2.45) is 0 Å². The SMILES string of the molecule is CCc1nc2n(n1)CCCC2NC(=O)C(CC)c1ccccc1. The average molecular weight is 312 g/mol. The minimum Gasteiger partial charge on any atom is -0.346 e. The molecule has 3 rings (SSSR count). The summed E-state index contributed by atoms with van der Waals surface area (Å²) >= 11 is 0. The van der Waals surface area contributed by atoms with Crippen LogP contribution in [0.5, 0.6) is 0 Å². The van der Waals surface area contributed by atoms with Crippen LogP contribution in [-0.4, -0.2) is 20.7 Å². The predicted molar refractivity (Wildman–Crippen MR) is 89.0 cm³/mol. The zero-order chi connectivity index (χ0) is 16.2. The van der Waals surface area contributed by atoms with Crippen LogP contribution in [0.4, 0.5) is 0 Å². The largest absolute Gasteiger partial charge is 0.346 e. The fourth-order valence-electron chi connectivity index (χ4n) is 3.22. The van der Waals surface area contributed by atoms with E-state index in [4.69, 9.17) is 0 Å². The van der Waals surface area contributed by atoms with E-state index in [0.717, 1.165) is 49.4 Å². The Labute approximate surface area is 137 Å². The Bertz CT molecular complexity index is 665. The molecule has 23 heavy (non-hydrogen) atoms. The van der Waals surface area contributed by atoms with Crippen LogP contribution < -0.4 is 5.32 Å². The van der Waals surface area contributed by atoms with Gasteiger partial charge < -0.3 is 5.32 Å². The minimum atomic E-state index is -0.111. The van der Waals surface area contributed by atoms with Gasteiger partial charge in [0.1, 0.15) is 5.82 Å². The first-order valence-corrected chi connectivity index (χ1v) is 8.51. The molecule has 0 saturated carbocycles. The zero-order valence-corrected chi connectivity index (χ0v) is 13.8. The van der Waals surface area contributed by atoms with Crippen LogP contribution in [0.25, 0.3) is 0 Å². The van der Waals surface area contributed by atoms with Crippen LogP contribution in [0, 0.1) is 0 Å². The van der Waals surface area contributed by atoms with Gasteiger partial charge in [-0.25, -0.2) is 9.67 Å². The highest BCUT2D eigenvalue weighted by molar-refractivity contribution is 5.83. The van der Waals surface area contributed by atoms with Crippen LogP contribution in [-0.2, 0) is 17.8 Å². The summed E-state index contributed by atoms with van der Waals surface area (Å²) < 4.78 is 1.96. The molecule has 1 amide bonds. The van der Waals surface area contributed by atoms with Crippen molar-refractivity contribution in [3.63, 3.8) is 0 Å². The number of aryl methyl sites for hydroxylation is 2. The number of amides is 1. The molecule has 122 valence electrons. The second kappa shape index (κ2) is 6.94. The van der Waals surface area contributed by atoms with Crippen molar-refractivity contribution in [3.8, 4) is 0 Å². The van der Waals surface area contributed by atoms with E-state index in [0.29, 0.717) is 0 Å². The molecular formula is C18H24N4O. The van der Waals surface area contributed by atoms with Gasteiger partial charge in [-0.15, -0.1) is 0 Å². The highest BCUT2D eigenvalue weighted by Gasteiger charge is 2.28. The second-order valence-corrected chi connectivity index (χ2v) is 6.04. The molecule has 1 aromatic carbocycles. The molecule has 0 aliphatic carbocycles. The highest BCUT2D eigenvalue weighted by atomic mass is 16.2. The monoisotopic (exact) mass is 312 g/mol. The molecule has 1 aromatic heterocycles. The quantitative estimate of drug-likeness (QED) is 0.923. The van der Waals surface area contributed by atoms with Gasteiger partial charge in [0.05, 0.1) is 12.0 Å². The Morgan fingerprint density at radius 3 is 2.83 bits per heavy atom. The molecule has 5 nitrogen and oxygen atoms in total. The molecule has 2 heterocycles. The highest BCUT2D eigenvalue weighted by Crippen LogP contribution is 2.26. The third kappa shape index (κ3) is 3.28. The molecular weight excluding hydrogens is 288 g/mol. The second-order valence-electron chi connectivity index (χ2n) is 6.04. The first kappa shape index (κ1) is 15.7. The molecule has 2 aromatic rings. The van der Waals surface area contributed by atoms with Crippen LogP contribution in [0.3, 0.4) is 0 Å². The van der Waals surface area contributed by atoms with E-state index in [1.165, 1.54) is 0 Å². The van der Waals surface area contributed by atoms with Gasteiger partial charge in [-0.05, 0) is 24.8 Å². The molecule has 0 saturated heterocycles. The number of aromatic nitrogens is 3. The Hall–Kier alpha value is -2.17. The van der Waals surface area contributed by atoms with Gasteiger partial charge >= 0.3 is 0 Å². The standard InChI is InChI=1S/C18H24N4O/c1-3-14(13-9-6-5-7-10-13)18(23)19-15-11-8-12-22-17(15)20-16(4-2)21-22/h5-7,9-10,14-15H,3-4,8,11-12H2,1-2H3,(H,19,23). The van der Waals surface area contributed by atoms with E-state index in [9.17, 15) is 4.79 Å². The summed E-state index contributed by atoms with van der Waals surface area (Å²) in [5, 5.41) is 7.70. The van der Waals surface area contributed by atoms with Gasteiger partial charge in [-0.2, -0.15) is 5.10 Å². The summed E-state index contributed by atoms with van der Waals surface area (Å²) in [6, 6.07) is 9.95. The Kier molecular flexibility index (Phi) is 4.74. The molecule has 0 radical (unpaired) electrons. The smallest absolute Gasteiger partial charge is 0.228 e. The Balaban J connectivity index is 1.77. The summed E-state index contributed by atoms with van der Waals surface area (Å²) in [5.74, 6) is 1.74. The molecule has 2 unspecified atom stereocenters. The van der Waals surface area contributed by atoms with Gasteiger partial charge in [0.15, 0.2) is 5.82 Å². The molecule has 1 aliphatic rings.